The van der Waals surface area contributed by atoms with Gasteiger partial charge in [-0.1, -0.05) is 12.1 Å². The van der Waals surface area contributed by atoms with Crippen molar-refractivity contribution in [1.82, 2.24) is 9.78 Å². The number of para-hydroxylation sites is 2. The Kier molecular flexibility index (Phi) is 6.77. The van der Waals surface area contributed by atoms with Crippen molar-refractivity contribution in [3.63, 3.8) is 0 Å². The van der Waals surface area contributed by atoms with Gasteiger partial charge in [0, 0.05) is 24.8 Å². The number of fused-ring (bicyclic) bond motifs is 1. The maximum Gasteiger partial charge on any atom is 0.267 e. The molecule has 1 aliphatic rings. The Morgan fingerprint density at radius 1 is 1.06 bits per heavy atom. The lowest BCUT2D eigenvalue weighted by atomic mass is 10.1. The minimum Gasteiger partial charge on any atom is -0.497 e. The number of hydrogen-bond donors (Lipinski definition) is 2. The lowest BCUT2D eigenvalue weighted by Crippen LogP contribution is -2.45. The van der Waals surface area contributed by atoms with Crippen LogP contribution in [0.15, 0.2) is 60.9 Å². The Morgan fingerprint density at radius 2 is 1.79 bits per heavy atom. The maximum absolute atomic E-state index is 12.5. The van der Waals surface area contributed by atoms with Gasteiger partial charge < -0.3 is 25.0 Å². The molecular weight excluding hydrogens is 438 g/mol. The Balaban J connectivity index is 1.29. The van der Waals surface area contributed by atoms with Crippen LogP contribution in [0.25, 0.3) is 0 Å². The molecule has 2 N–H and O–H groups in total. The minimum atomic E-state index is -0.611. The molecule has 1 aliphatic heterocycles. The lowest BCUT2D eigenvalue weighted by molar-refractivity contribution is -0.125. The average molecular weight is 463 g/mol. The topological polar surface area (TPSA) is 115 Å². The van der Waals surface area contributed by atoms with E-state index in [0.29, 0.717) is 28.6 Å². The van der Waals surface area contributed by atoms with Crippen molar-refractivity contribution >= 4 is 34.8 Å². The summed E-state index contributed by atoms with van der Waals surface area (Å²) in [7, 11) is 1.57. The highest BCUT2D eigenvalue weighted by atomic mass is 16.5. The SMILES string of the molecule is COc1ccc(NC(=O)Cn2cc(NC(=O)CCN3C(=O)C(C)Oc4ccccc43)cn2)cc1. The van der Waals surface area contributed by atoms with Crippen molar-refractivity contribution in [1.29, 1.82) is 0 Å². The number of aromatic nitrogens is 2. The predicted octanol–water partition coefficient (Wildman–Crippen LogP) is 2.67. The summed E-state index contributed by atoms with van der Waals surface area (Å²) < 4.78 is 12.1. The molecule has 0 radical (unpaired) electrons. The van der Waals surface area contributed by atoms with Crippen LogP contribution in [0.5, 0.6) is 11.5 Å². The molecule has 1 aromatic heterocycles. The first-order valence-corrected chi connectivity index (χ1v) is 10.8. The summed E-state index contributed by atoms with van der Waals surface area (Å²) in [5.41, 5.74) is 1.75. The average Bonchev–Trinajstić information content (AvgIpc) is 3.26. The third-order valence-electron chi connectivity index (χ3n) is 5.23. The Bertz CT molecular complexity index is 1190. The van der Waals surface area contributed by atoms with E-state index in [9.17, 15) is 14.4 Å². The van der Waals surface area contributed by atoms with E-state index < -0.39 is 6.10 Å². The van der Waals surface area contributed by atoms with Crippen LogP contribution in [-0.2, 0) is 20.9 Å². The van der Waals surface area contributed by atoms with Gasteiger partial charge in [0.2, 0.25) is 11.8 Å². The number of carbonyl (C=O) groups is 3. The van der Waals surface area contributed by atoms with Gasteiger partial charge in [0.05, 0.1) is 24.7 Å². The molecule has 0 saturated heterocycles. The molecule has 4 rings (SSSR count). The van der Waals surface area contributed by atoms with Crippen molar-refractivity contribution in [3.05, 3.63) is 60.9 Å². The highest BCUT2D eigenvalue weighted by molar-refractivity contribution is 6.00. The first-order valence-electron chi connectivity index (χ1n) is 10.8. The molecule has 3 aromatic rings. The molecule has 34 heavy (non-hydrogen) atoms. The van der Waals surface area contributed by atoms with Crippen LogP contribution >= 0.6 is 0 Å². The molecule has 3 amide bonds. The van der Waals surface area contributed by atoms with Crippen LogP contribution in [-0.4, -0.2) is 47.3 Å². The van der Waals surface area contributed by atoms with E-state index in [2.05, 4.69) is 15.7 Å². The van der Waals surface area contributed by atoms with Gasteiger partial charge in [-0.2, -0.15) is 5.10 Å². The standard InChI is InChI=1S/C24H25N5O5/c1-16-24(32)29(20-5-3-4-6-21(20)34-16)12-11-22(30)27-18-13-25-28(14-18)15-23(31)26-17-7-9-19(33-2)10-8-17/h3-10,13-14,16H,11-12,15H2,1-2H3,(H,26,31)(H,27,30). The van der Waals surface area contributed by atoms with Gasteiger partial charge in [-0.15, -0.1) is 0 Å². The second-order valence-corrected chi connectivity index (χ2v) is 7.72. The smallest absolute Gasteiger partial charge is 0.267 e. The predicted molar refractivity (Wildman–Crippen MR) is 126 cm³/mol. The summed E-state index contributed by atoms with van der Waals surface area (Å²) in [5.74, 6) is 0.588. The summed E-state index contributed by atoms with van der Waals surface area (Å²) in [5, 5.41) is 9.64. The van der Waals surface area contributed by atoms with E-state index in [-0.39, 0.29) is 37.2 Å². The largest absolute Gasteiger partial charge is 0.497 e. The van der Waals surface area contributed by atoms with Gasteiger partial charge in [-0.25, -0.2) is 0 Å². The number of ether oxygens (including phenoxy) is 2. The van der Waals surface area contributed by atoms with Gasteiger partial charge in [-0.05, 0) is 43.3 Å². The van der Waals surface area contributed by atoms with Crippen LogP contribution in [0.2, 0.25) is 0 Å². The highest BCUT2D eigenvalue weighted by Gasteiger charge is 2.31. The van der Waals surface area contributed by atoms with Gasteiger partial charge in [-0.3, -0.25) is 19.1 Å². The summed E-state index contributed by atoms with van der Waals surface area (Å²) in [6.45, 7) is 1.89. The molecule has 176 valence electrons. The molecule has 0 saturated carbocycles. The first kappa shape index (κ1) is 22.8. The number of nitrogens with one attached hydrogen (secondary N) is 2. The van der Waals surface area contributed by atoms with E-state index >= 15 is 0 Å². The summed E-state index contributed by atoms with van der Waals surface area (Å²) in [4.78, 5) is 38.8. The molecule has 10 nitrogen and oxygen atoms in total. The summed E-state index contributed by atoms with van der Waals surface area (Å²) >= 11 is 0. The van der Waals surface area contributed by atoms with Crippen molar-refractivity contribution in [2.75, 3.05) is 29.2 Å². The zero-order valence-electron chi connectivity index (χ0n) is 18.9. The van der Waals surface area contributed by atoms with Gasteiger partial charge in [0.25, 0.3) is 5.91 Å². The molecule has 0 spiro atoms. The number of amides is 3. The number of carbonyl (C=O) groups excluding carboxylic acids is 3. The Labute approximate surface area is 196 Å². The lowest BCUT2D eigenvalue weighted by Gasteiger charge is -2.32. The molecule has 1 unspecified atom stereocenters. The zero-order valence-corrected chi connectivity index (χ0v) is 18.9. The molecular formula is C24H25N5O5. The van der Waals surface area contributed by atoms with E-state index in [1.807, 2.05) is 12.1 Å². The molecule has 0 aliphatic carbocycles. The molecule has 1 atom stereocenters. The van der Waals surface area contributed by atoms with Crippen LogP contribution in [0, 0.1) is 0 Å². The normalized spacial score (nSPS) is 14.7. The fourth-order valence-corrected chi connectivity index (χ4v) is 3.56. The van der Waals surface area contributed by atoms with Crippen molar-refractivity contribution in [3.8, 4) is 11.5 Å². The third-order valence-corrected chi connectivity index (χ3v) is 5.23. The summed E-state index contributed by atoms with van der Waals surface area (Å²) in [6.07, 6.45) is 2.52. The number of anilines is 3. The van der Waals surface area contributed by atoms with Gasteiger partial charge in [0.15, 0.2) is 6.10 Å². The van der Waals surface area contributed by atoms with Gasteiger partial charge >= 0.3 is 0 Å². The third kappa shape index (κ3) is 5.34. The quantitative estimate of drug-likeness (QED) is 0.531. The number of methoxy groups -OCH3 is 1. The number of hydrogen-bond acceptors (Lipinski definition) is 6. The number of rotatable bonds is 8. The zero-order chi connectivity index (χ0) is 24.1. The fraction of sp³-hybridized carbons (Fsp3) is 0.250. The first-order chi connectivity index (χ1) is 16.4. The van der Waals surface area contributed by atoms with Gasteiger partial charge in [0.1, 0.15) is 18.0 Å². The Morgan fingerprint density at radius 3 is 2.56 bits per heavy atom. The molecule has 2 aromatic carbocycles. The van der Waals surface area contributed by atoms with E-state index in [4.69, 9.17) is 9.47 Å². The van der Waals surface area contributed by atoms with E-state index in [1.165, 1.54) is 10.9 Å². The minimum absolute atomic E-state index is 0.0150. The fourth-order valence-electron chi connectivity index (χ4n) is 3.56. The molecule has 2 heterocycles. The van der Waals surface area contributed by atoms with E-state index in [0.717, 1.165) is 0 Å². The summed E-state index contributed by atoms with van der Waals surface area (Å²) in [6, 6.07) is 14.2. The van der Waals surface area contributed by atoms with Crippen LogP contribution in [0.4, 0.5) is 17.1 Å². The highest BCUT2D eigenvalue weighted by Crippen LogP contribution is 2.33. The van der Waals surface area contributed by atoms with Crippen molar-refractivity contribution < 1.29 is 23.9 Å². The Hall–Kier alpha value is -4.34. The molecule has 10 heteroatoms. The number of nitrogens with zero attached hydrogens (tertiary/aromatic N) is 3. The van der Waals surface area contributed by atoms with Crippen LogP contribution in [0.1, 0.15) is 13.3 Å². The van der Waals surface area contributed by atoms with Crippen molar-refractivity contribution in [2.45, 2.75) is 26.0 Å². The second-order valence-electron chi connectivity index (χ2n) is 7.72. The molecule has 0 fully saturated rings. The maximum atomic E-state index is 12.5. The van der Waals surface area contributed by atoms with Crippen LogP contribution < -0.4 is 25.0 Å². The monoisotopic (exact) mass is 463 g/mol. The second kappa shape index (κ2) is 10.1. The number of benzene rings is 2. The van der Waals surface area contributed by atoms with Crippen molar-refractivity contribution in [2.24, 2.45) is 0 Å². The molecule has 0 bridgehead atoms. The van der Waals surface area contributed by atoms with E-state index in [1.54, 1.807) is 61.5 Å². The van der Waals surface area contributed by atoms with Crippen LogP contribution in [0.3, 0.4) is 0 Å².